The molecule has 0 unspecified atom stereocenters. The van der Waals surface area contributed by atoms with Crippen LogP contribution in [0.25, 0.3) is 0 Å². The monoisotopic (exact) mass is 370 g/mol. The number of esters is 2. The fourth-order valence-corrected chi connectivity index (χ4v) is 2.09. The highest BCUT2D eigenvalue weighted by Gasteiger charge is 2.17. The fraction of sp³-hybridized carbons (Fsp3) is 0.111. The summed E-state index contributed by atoms with van der Waals surface area (Å²) < 4.78 is 9.99. The Morgan fingerprint density at radius 2 is 1.67 bits per heavy atom. The van der Waals surface area contributed by atoms with E-state index < -0.39 is 11.9 Å². The summed E-state index contributed by atoms with van der Waals surface area (Å²) in [5.74, 6) is -1.14. The Hall–Kier alpha value is -3.88. The van der Waals surface area contributed by atoms with Gasteiger partial charge in [-0.1, -0.05) is 17.3 Å². The normalized spacial score (nSPS) is 10.7. The van der Waals surface area contributed by atoms with Gasteiger partial charge in [-0.15, -0.1) is 0 Å². The lowest BCUT2D eigenvalue weighted by molar-refractivity contribution is -0.132. The van der Waals surface area contributed by atoms with Crippen LogP contribution in [0.15, 0.2) is 58.7 Å². The second-order valence-electron chi connectivity index (χ2n) is 5.11. The number of carbonyl (C=O) groups excluding carboxylic acids is 2. The average Bonchev–Trinajstić information content (AvgIpc) is 2.65. The largest absolute Gasteiger partial charge is 0.464 e. The van der Waals surface area contributed by atoms with E-state index in [4.69, 9.17) is 16.2 Å². The van der Waals surface area contributed by atoms with Gasteiger partial charge in [0.25, 0.3) is 0 Å². The maximum Gasteiger partial charge on any atom is 0.360 e. The molecule has 2 aromatic carbocycles. The molecule has 0 aliphatic carbocycles. The van der Waals surface area contributed by atoms with Crippen LogP contribution in [0.3, 0.4) is 0 Å². The van der Waals surface area contributed by atoms with Gasteiger partial charge in [0, 0.05) is 5.56 Å². The van der Waals surface area contributed by atoms with Crippen LogP contribution in [-0.4, -0.2) is 37.8 Å². The predicted octanol–water partition coefficient (Wildman–Crippen LogP) is 1.33. The molecular weight excluding hydrogens is 352 g/mol. The number of aliphatic imine (C=N–C) groups is 1. The molecule has 140 valence electrons. The number of rotatable bonds is 6. The Balaban J connectivity index is 2.20. The standard InChI is InChI=1S/C18H18N4O5/c1-25-17(24)15(22-26-2)12-4-3-5-14(10-12)27-16(23)11-6-8-13(9-7-11)21-18(19)20/h3-10H,1-2H3,(H4,19,20,21). The third kappa shape index (κ3) is 5.30. The van der Waals surface area contributed by atoms with Crippen LogP contribution in [0.5, 0.6) is 5.75 Å². The van der Waals surface area contributed by atoms with Crippen molar-refractivity contribution < 1.29 is 23.9 Å². The van der Waals surface area contributed by atoms with E-state index in [1.807, 2.05) is 0 Å². The molecule has 9 nitrogen and oxygen atoms in total. The zero-order valence-corrected chi connectivity index (χ0v) is 14.7. The maximum atomic E-state index is 12.3. The first-order valence-electron chi connectivity index (χ1n) is 7.66. The molecule has 2 rings (SSSR count). The molecule has 9 heteroatoms. The summed E-state index contributed by atoms with van der Waals surface area (Å²) >= 11 is 0. The summed E-state index contributed by atoms with van der Waals surface area (Å²) in [5, 5.41) is 3.65. The van der Waals surface area contributed by atoms with Gasteiger partial charge in [-0.3, -0.25) is 0 Å². The van der Waals surface area contributed by atoms with Gasteiger partial charge in [-0.2, -0.15) is 0 Å². The van der Waals surface area contributed by atoms with E-state index in [0.717, 1.165) is 0 Å². The number of hydrogen-bond acceptors (Lipinski definition) is 7. The van der Waals surface area contributed by atoms with Crippen LogP contribution < -0.4 is 16.2 Å². The van der Waals surface area contributed by atoms with Gasteiger partial charge in [0.2, 0.25) is 0 Å². The molecule has 0 saturated heterocycles. The minimum atomic E-state index is -0.685. The lowest BCUT2D eigenvalue weighted by Gasteiger charge is -2.08. The topological polar surface area (TPSA) is 139 Å². The van der Waals surface area contributed by atoms with Gasteiger partial charge in [-0.05, 0) is 36.4 Å². The van der Waals surface area contributed by atoms with E-state index in [0.29, 0.717) is 16.8 Å². The Labute approximate surface area is 155 Å². The number of carbonyl (C=O) groups is 2. The lowest BCUT2D eigenvalue weighted by Crippen LogP contribution is -2.21. The molecule has 0 heterocycles. The smallest absolute Gasteiger partial charge is 0.360 e. The number of nitrogens with zero attached hydrogens (tertiary/aromatic N) is 2. The summed E-state index contributed by atoms with van der Waals surface area (Å²) in [6.07, 6.45) is 0. The highest BCUT2D eigenvalue weighted by atomic mass is 16.6. The molecule has 27 heavy (non-hydrogen) atoms. The van der Waals surface area contributed by atoms with E-state index in [9.17, 15) is 9.59 Å². The minimum absolute atomic E-state index is 0.0560. The molecular formula is C18H18N4O5. The summed E-state index contributed by atoms with van der Waals surface area (Å²) in [7, 11) is 2.53. The van der Waals surface area contributed by atoms with Crippen molar-refractivity contribution in [2.75, 3.05) is 14.2 Å². The van der Waals surface area contributed by atoms with Gasteiger partial charge in [0.1, 0.15) is 12.9 Å². The van der Waals surface area contributed by atoms with Crippen molar-refractivity contribution in [1.82, 2.24) is 0 Å². The molecule has 0 saturated carbocycles. The molecule has 4 N–H and O–H groups in total. The van der Waals surface area contributed by atoms with Gasteiger partial charge >= 0.3 is 11.9 Å². The third-order valence-electron chi connectivity index (χ3n) is 3.24. The number of benzene rings is 2. The number of oxime groups is 1. The SMILES string of the molecule is CON=C(C(=O)OC)c1cccc(OC(=O)c2ccc(N=C(N)N)cc2)c1. The molecule has 0 aliphatic rings. The summed E-state index contributed by atoms with van der Waals surface area (Å²) in [4.78, 5) is 32.6. The quantitative estimate of drug-likeness (QED) is 0.257. The Bertz CT molecular complexity index is 887. The minimum Gasteiger partial charge on any atom is -0.464 e. The van der Waals surface area contributed by atoms with Gasteiger partial charge in [-0.25, -0.2) is 14.6 Å². The van der Waals surface area contributed by atoms with Crippen molar-refractivity contribution >= 4 is 29.3 Å². The first-order chi connectivity index (χ1) is 12.9. The molecule has 0 bridgehead atoms. The number of guanidine groups is 1. The molecule has 0 aromatic heterocycles. The Morgan fingerprint density at radius 1 is 0.963 bits per heavy atom. The van der Waals surface area contributed by atoms with Crippen molar-refractivity contribution in [2.24, 2.45) is 21.6 Å². The van der Waals surface area contributed by atoms with Crippen molar-refractivity contribution in [1.29, 1.82) is 0 Å². The summed E-state index contributed by atoms with van der Waals surface area (Å²) in [5.41, 5.74) is 11.7. The van der Waals surface area contributed by atoms with Crippen molar-refractivity contribution in [3.05, 3.63) is 59.7 Å². The first kappa shape index (κ1) is 19.4. The van der Waals surface area contributed by atoms with E-state index in [1.165, 1.54) is 32.4 Å². The molecule has 0 spiro atoms. The highest BCUT2D eigenvalue weighted by molar-refractivity contribution is 6.43. The van der Waals surface area contributed by atoms with E-state index in [1.54, 1.807) is 30.3 Å². The molecule has 0 aliphatic heterocycles. The highest BCUT2D eigenvalue weighted by Crippen LogP contribution is 2.18. The second-order valence-corrected chi connectivity index (χ2v) is 5.11. The number of nitrogens with two attached hydrogens (primary N) is 2. The van der Waals surface area contributed by atoms with Gasteiger partial charge < -0.3 is 25.8 Å². The van der Waals surface area contributed by atoms with E-state index in [2.05, 4.69) is 19.7 Å². The number of methoxy groups -OCH3 is 1. The van der Waals surface area contributed by atoms with E-state index >= 15 is 0 Å². The van der Waals surface area contributed by atoms with Crippen LogP contribution in [0.2, 0.25) is 0 Å². The number of hydrogen-bond donors (Lipinski definition) is 2. The average molecular weight is 370 g/mol. The number of ether oxygens (including phenoxy) is 2. The maximum absolute atomic E-state index is 12.3. The van der Waals surface area contributed by atoms with Crippen LogP contribution in [-0.2, 0) is 14.4 Å². The van der Waals surface area contributed by atoms with Crippen LogP contribution >= 0.6 is 0 Å². The van der Waals surface area contributed by atoms with Gasteiger partial charge in [0.15, 0.2) is 11.7 Å². The van der Waals surface area contributed by atoms with Crippen molar-refractivity contribution in [3.8, 4) is 5.75 Å². The van der Waals surface area contributed by atoms with Crippen LogP contribution in [0.1, 0.15) is 15.9 Å². The molecule has 0 radical (unpaired) electrons. The molecule has 0 atom stereocenters. The van der Waals surface area contributed by atoms with Gasteiger partial charge in [0.05, 0.1) is 18.4 Å². The zero-order valence-electron chi connectivity index (χ0n) is 14.7. The van der Waals surface area contributed by atoms with Crippen molar-refractivity contribution in [2.45, 2.75) is 0 Å². The van der Waals surface area contributed by atoms with Crippen LogP contribution in [0, 0.1) is 0 Å². The molecule has 0 fully saturated rings. The van der Waals surface area contributed by atoms with Crippen LogP contribution in [0.4, 0.5) is 5.69 Å². The Kier molecular flexibility index (Phi) is 6.48. The second kappa shape index (κ2) is 8.99. The predicted molar refractivity (Wildman–Crippen MR) is 98.9 cm³/mol. The lowest BCUT2D eigenvalue weighted by atomic mass is 10.1. The summed E-state index contributed by atoms with van der Waals surface area (Å²) in [6.45, 7) is 0. The first-order valence-corrected chi connectivity index (χ1v) is 7.66. The fourth-order valence-electron chi connectivity index (χ4n) is 2.09. The molecule has 2 aromatic rings. The Morgan fingerprint density at radius 3 is 2.26 bits per heavy atom. The third-order valence-corrected chi connectivity index (χ3v) is 3.24. The zero-order chi connectivity index (χ0) is 19.8. The van der Waals surface area contributed by atoms with E-state index in [-0.39, 0.29) is 17.4 Å². The molecule has 0 amide bonds. The van der Waals surface area contributed by atoms with Crippen molar-refractivity contribution in [3.63, 3.8) is 0 Å². The summed E-state index contributed by atoms with van der Waals surface area (Å²) in [6, 6.07) is 12.5.